The molecule has 3 aromatic rings. The van der Waals surface area contributed by atoms with Crippen LogP contribution in [0.4, 0.5) is 4.39 Å². The molecule has 1 unspecified atom stereocenters. The third-order valence-electron chi connectivity index (χ3n) is 4.21. The first-order valence-electron chi connectivity index (χ1n) is 8.91. The van der Waals surface area contributed by atoms with Crippen molar-refractivity contribution in [3.05, 3.63) is 101 Å². The van der Waals surface area contributed by atoms with E-state index in [0.29, 0.717) is 23.4 Å². The number of ketones is 1. The molecule has 5 heteroatoms. The highest BCUT2D eigenvalue weighted by molar-refractivity contribution is 6.09. The minimum absolute atomic E-state index is 0.208. The second-order valence-corrected chi connectivity index (χ2v) is 6.32. The van der Waals surface area contributed by atoms with E-state index in [9.17, 15) is 14.0 Å². The summed E-state index contributed by atoms with van der Waals surface area (Å²) < 4.78 is 18.6. The fourth-order valence-electron chi connectivity index (χ4n) is 2.64. The first-order valence-corrected chi connectivity index (χ1v) is 8.91. The van der Waals surface area contributed by atoms with E-state index in [1.54, 1.807) is 31.2 Å². The van der Waals surface area contributed by atoms with Gasteiger partial charge >= 0.3 is 0 Å². The highest BCUT2D eigenvalue weighted by atomic mass is 19.1. The van der Waals surface area contributed by atoms with Crippen molar-refractivity contribution in [1.82, 2.24) is 5.32 Å². The average Bonchev–Trinajstić information content (AvgIpc) is 2.73. The summed E-state index contributed by atoms with van der Waals surface area (Å²) in [6, 6.07) is 21.5. The Balaban J connectivity index is 1.56. The van der Waals surface area contributed by atoms with E-state index in [0.717, 1.165) is 5.56 Å². The van der Waals surface area contributed by atoms with Gasteiger partial charge in [-0.1, -0.05) is 30.3 Å². The Kier molecular flexibility index (Phi) is 6.17. The first kappa shape index (κ1) is 19.3. The summed E-state index contributed by atoms with van der Waals surface area (Å²) in [6.07, 6.45) is -0.678. The number of amides is 1. The van der Waals surface area contributed by atoms with Gasteiger partial charge in [0.1, 0.15) is 11.6 Å². The van der Waals surface area contributed by atoms with Crippen LogP contribution in [0.25, 0.3) is 0 Å². The number of carbonyl (C=O) groups excluding carboxylic acids is 2. The van der Waals surface area contributed by atoms with Gasteiger partial charge in [-0.05, 0) is 61.0 Å². The Hall–Kier alpha value is -3.47. The van der Waals surface area contributed by atoms with Crippen molar-refractivity contribution in [1.29, 1.82) is 0 Å². The zero-order chi connectivity index (χ0) is 19.9. The van der Waals surface area contributed by atoms with Gasteiger partial charge in [-0.3, -0.25) is 9.59 Å². The van der Waals surface area contributed by atoms with Gasteiger partial charge in [0.15, 0.2) is 11.9 Å². The zero-order valence-corrected chi connectivity index (χ0v) is 15.4. The highest BCUT2D eigenvalue weighted by Gasteiger charge is 2.15. The summed E-state index contributed by atoms with van der Waals surface area (Å²) in [7, 11) is 0. The maximum Gasteiger partial charge on any atom is 0.261 e. The van der Waals surface area contributed by atoms with E-state index in [1.807, 2.05) is 30.3 Å². The molecular weight excluding hydrogens is 357 g/mol. The van der Waals surface area contributed by atoms with Crippen molar-refractivity contribution >= 4 is 11.7 Å². The van der Waals surface area contributed by atoms with Crippen LogP contribution in [0.3, 0.4) is 0 Å². The molecule has 0 heterocycles. The molecule has 28 heavy (non-hydrogen) atoms. The smallest absolute Gasteiger partial charge is 0.261 e. The second-order valence-electron chi connectivity index (χ2n) is 6.32. The van der Waals surface area contributed by atoms with E-state index in [2.05, 4.69) is 5.32 Å². The lowest BCUT2D eigenvalue weighted by molar-refractivity contribution is -0.127. The van der Waals surface area contributed by atoms with Gasteiger partial charge in [-0.25, -0.2) is 4.39 Å². The van der Waals surface area contributed by atoms with Gasteiger partial charge in [0.25, 0.3) is 5.91 Å². The monoisotopic (exact) mass is 377 g/mol. The predicted molar refractivity (Wildman–Crippen MR) is 105 cm³/mol. The van der Waals surface area contributed by atoms with E-state index in [1.165, 1.54) is 24.3 Å². The van der Waals surface area contributed by atoms with Crippen LogP contribution in [0.2, 0.25) is 0 Å². The second kappa shape index (κ2) is 8.95. The average molecular weight is 377 g/mol. The molecule has 0 fully saturated rings. The third kappa shape index (κ3) is 5.04. The van der Waals surface area contributed by atoms with Crippen LogP contribution in [-0.4, -0.2) is 17.8 Å². The topological polar surface area (TPSA) is 55.4 Å². The van der Waals surface area contributed by atoms with Crippen LogP contribution >= 0.6 is 0 Å². The van der Waals surface area contributed by atoms with Gasteiger partial charge in [-0.2, -0.15) is 0 Å². The van der Waals surface area contributed by atoms with Crippen molar-refractivity contribution in [2.75, 3.05) is 0 Å². The van der Waals surface area contributed by atoms with E-state index >= 15 is 0 Å². The lowest BCUT2D eigenvalue weighted by Crippen LogP contribution is -2.35. The molecule has 0 bridgehead atoms. The molecule has 0 aromatic heterocycles. The van der Waals surface area contributed by atoms with E-state index in [-0.39, 0.29) is 17.5 Å². The molecule has 0 saturated carbocycles. The van der Waals surface area contributed by atoms with Gasteiger partial charge < -0.3 is 10.1 Å². The summed E-state index contributed by atoms with van der Waals surface area (Å²) in [5, 5.41) is 2.83. The first-order chi connectivity index (χ1) is 13.5. The Bertz CT molecular complexity index is 938. The summed E-state index contributed by atoms with van der Waals surface area (Å²) >= 11 is 0. The van der Waals surface area contributed by atoms with Crippen LogP contribution in [0.5, 0.6) is 5.75 Å². The molecule has 0 spiro atoms. The molecule has 0 radical (unpaired) electrons. The minimum Gasteiger partial charge on any atom is -0.481 e. The molecule has 0 aliphatic heterocycles. The van der Waals surface area contributed by atoms with Gasteiger partial charge in [0.05, 0.1) is 0 Å². The third-order valence-corrected chi connectivity index (χ3v) is 4.21. The van der Waals surface area contributed by atoms with Gasteiger partial charge in [-0.15, -0.1) is 0 Å². The van der Waals surface area contributed by atoms with Crippen molar-refractivity contribution < 1.29 is 18.7 Å². The van der Waals surface area contributed by atoms with Crippen LogP contribution in [0, 0.1) is 5.82 Å². The van der Waals surface area contributed by atoms with E-state index < -0.39 is 6.10 Å². The van der Waals surface area contributed by atoms with Crippen LogP contribution in [-0.2, 0) is 11.3 Å². The van der Waals surface area contributed by atoms with Crippen molar-refractivity contribution in [3.63, 3.8) is 0 Å². The number of rotatable bonds is 7. The normalized spacial score (nSPS) is 11.5. The molecule has 0 aliphatic carbocycles. The van der Waals surface area contributed by atoms with Crippen molar-refractivity contribution in [2.24, 2.45) is 0 Å². The predicted octanol–water partition coefficient (Wildman–Crippen LogP) is 4.14. The lowest BCUT2D eigenvalue weighted by Gasteiger charge is -2.15. The van der Waals surface area contributed by atoms with Gasteiger partial charge in [0.2, 0.25) is 0 Å². The number of ether oxygens (including phenoxy) is 1. The molecule has 0 aliphatic rings. The molecule has 1 amide bonds. The number of halogens is 1. The maximum atomic E-state index is 13.0. The molecule has 1 N–H and O–H groups in total. The SMILES string of the molecule is CC(Oc1ccc(C(=O)c2ccc(F)cc2)cc1)C(=O)NCc1ccccc1. The Morgan fingerprint density at radius 3 is 2.07 bits per heavy atom. The van der Waals surface area contributed by atoms with Crippen molar-refractivity contribution in [2.45, 2.75) is 19.6 Å². The maximum absolute atomic E-state index is 13.0. The molecule has 3 rings (SSSR count). The molecular formula is C23H20FNO3. The molecule has 4 nitrogen and oxygen atoms in total. The van der Waals surface area contributed by atoms with E-state index in [4.69, 9.17) is 4.74 Å². The molecule has 142 valence electrons. The highest BCUT2D eigenvalue weighted by Crippen LogP contribution is 2.17. The van der Waals surface area contributed by atoms with Crippen LogP contribution in [0.1, 0.15) is 28.4 Å². The quantitative estimate of drug-likeness (QED) is 0.630. The standard InChI is InChI=1S/C23H20FNO3/c1-16(23(27)25-15-17-5-3-2-4-6-17)28-21-13-9-19(10-14-21)22(26)18-7-11-20(24)12-8-18/h2-14,16H,15H2,1H3,(H,25,27). The minimum atomic E-state index is -0.678. The van der Waals surface area contributed by atoms with Gasteiger partial charge in [0, 0.05) is 17.7 Å². The number of hydrogen-bond donors (Lipinski definition) is 1. The fourth-order valence-corrected chi connectivity index (χ4v) is 2.64. The summed E-state index contributed by atoms with van der Waals surface area (Å²) in [5.74, 6) is -0.339. The Labute approximate surface area is 163 Å². The van der Waals surface area contributed by atoms with Crippen LogP contribution < -0.4 is 10.1 Å². The molecule has 0 saturated heterocycles. The zero-order valence-electron chi connectivity index (χ0n) is 15.4. The Morgan fingerprint density at radius 1 is 0.893 bits per heavy atom. The number of benzene rings is 3. The Morgan fingerprint density at radius 2 is 1.46 bits per heavy atom. The fraction of sp³-hybridized carbons (Fsp3) is 0.130. The summed E-state index contributed by atoms with van der Waals surface area (Å²) in [6.45, 7) is 2.09. The number of hydrogen-bond acceptors (Lipinski definition) is 3. The lowest BCUT2D eigenvalue weighted by atomic mass is 10.0. The summed E-state index contributed by atoms with van der Waals surface area (Å²) in [4.78, 5) is 24.6. The van der Waals surface area contributed by atoms with Crippen molar-refractivity contribution in [3.8, 4) is 5.75 Å². The van der Waals surface area contributed by atoms with Crippen LogP contribution in [0.15, 0.2) is 78.9 Å². The molecule has 1 atom stereocenters. The number of nitrogens with one attached hydrogen (secondary N) is 1. The molecule has 3 aromatic carbocycles. The number of carbonyl (C=O) groups is 2. The largest absolute Gasteiger partial charge is 0.481 e. The summed E-state index contributed by atoms with van der Waals surface area (Å²) in [5.41, 5.74) is 1.87.